The van der Waals surface area contributed by atoms with E-state index < -0.39 is 0 Å². The molecule has 144 valence electrons. The maximum Gasteiger partial charge on any atom is 0.253 e. The van der Waals surface area contributed by atoms with Crippen LogP contribution in [-0.4, -0.2) is 41.6 Å². The molecule has 4 rings (SSSR count). The van der Waals surface area contributed by atoms with Crippen LogP contribution in [0.3, 0.4) is 0 Å². The molecule has 6 nitrogen and oxygen atoms in total. The lowest BCUT2D eigenvalue weighted by atomic mass is 9.98. The quantitative estimate of drug-likeness (QED) is 0.665. The Morgan fingerprint density at radius 1 is 1.21 bits per heavy atom. The molecular weight excluding hydrogens is 376 g/mol. The molecule has 1 aliphatic heterocycles. The molecule has 0 fully saturated rings. The minimum Gasteiger partial charge on any atom is -0.419 e. The SMILES string of the molecule is CN(C)C(=O)c1ccc2c(c1)CCCN2Cc1nnc(-c2ccccc2Cl)o1. The molecular formula is C21H21ClN4O2. The van der Waals surface area contributed by atoms with Crippen molar-refractivity contribution in [3.05, 3.63) is 64.5 Å². The second-order valence-corrected chi connectivity index (χ2v) is 7.46. The van der Waals surface area contributed by atoms with Crippen molar-refractivity contribution in [1.29, 1.82) is 0 Å². The van der Waals surface area contributed by atoms with Gasteiger partial charge >= 0.3 is 0 Å². The Morgan fingerprint density at radius 2 is 2.04 bits per heavy atom. The Hall–Kier alpha value is -2.86. The molecule has 0 saturated carbocycles. The zero-order valence-corrected chi connectivity index (χ0v) is 16.6. The van der Waals surface area contributed by atoms with Gasteiger partial charge in [0.1, 0.15) is 0 Å². The van der Waals surface area contributed by atoms with Gasteiger partial charge in [-0.1, -0.05) is 23.7 Å². The van der Waals surface area contributed by atoms with Gasteiger partial charge in [-0.2, -0.15) is 0 Å². The van der Waals surface area contributed by atoms with Crippen molar-refractivity contribution in [1.82, 2.24) is 15.1 Å². The summed E-state index contributed by atoms with van der Waals surface area (Å²) >= 11 is 6.22. The number of carbonyl (C=O) groups excluding carboxylic acids is 1. The molecule has 1 aromatic heterocycles. The van der Waals surface area contributed by atoms with Gasteiger partial charge in [0.25, 0.3) is 5.91 Å². The molecule has 0 saturated heterocycles. The fourth-order valence-corrected chi connectivity index (χ4v) is 3.67. The summed E-state index contributed by atoms with van der Waals surface area (Å²) in [5.74, 6) is 0.974. The number of anilines is 1. The van der Waals surface area contributed by atoms with Gasteiger partial charge in [-0.05, 0) is 48.7 Å². The van der Waals surface area contributed by atoms with Crippen LogP contribution in [0.1, 0.15) is 28.2 Å². The smallest absolute Gasteiger partial charge is 0.253 e. The first-order valence-corrected chi connectivity index (χ1v) is 9.57. The summed E-state index contributed by atoms with van der Waals surface area (Å²) in [6.07, 6.45) is 1.97. The molecule has 0 unspecified atom stereocenters. The van der Waals surface area contributed by atoms with Crippen molar-refractivity contribution in [3.8, 4) is 11.5 Å². The summed E-state index contributed by atoms with van der Waals surface area (Å²) in [5, 5.41) is 8.92. The molecule has 0 aliphatic carbocycles. The number of halogens is 1. The van der Waals surface area contributed by atoms with Gasteiger partial charge < -0.3 is 14.2 Å². The average molecular weight is 397 g/mol. The highest BCUT2D eigenvalue weighted by Gasteiger charge is 2.21. The summed E-state index contributed by atoms with van der Waals surface area (Å²) in [7, 11) is 3.53. The Kier molecular flexibility index (Phi) is 5.05. The third-order valence-corrected chi connectivity index (χ3v) is 5.17. The zero-order valence-electron chi connectivity index (χ0n) is 15.9. The molecule has 3 aromatic rings. The third-order valence-electron chi connectivity index (χ3n) is 4.84. The number of fused-ring (bicyclic) bond motifs is 1. The van der Waals surface area contributed by atoms with Crippen LogP contribution in [0.4, 0.5) is 5.69 Å². The van der Waals surface area contributed by atoms with Crippen LogP contribution < -0.4 is 4.90 Å². The van der Waals surface area contributed by atoms with Crippen LogP contribution in [0.15, 0.2) is 46.9 Å². The van der Waals surface area contributed by atoms with Gasteiger partial charge in [-0.3, -0.25) is 4.79 Å². The number of aromatic nitrogens is 2. The van der Waals surface area contributed by atoms with E-state index in [1.807, 2.05) is 36.4 Å². The molecule has 0 atom stereocenters. The average Bonchev–Trinajstić information content (AvgIpc) is 3.15. The van der Waals surface area contributed by atoms with Crippen LogP contribution >= 0.6 is 11.6 Å². The zero-order chi connectivity index (χ0) is 19.7. The molecule has 7 heteroatoms. The Bertz CT molecular complexity index is 1020. The highest BCUT2D eigenvalue weighted by Crippen LogP contribution is 2.31. The molecule has 1 aliphatic rings. The summed E-state index contributed by atoms with van der Waals surface area (Å²) < 4.78 is 5.85. The Balaban J connectivity index is 1.56. The topological polar surface area (TPSA) is 62.5 Å². The van der Waals surface area contributed by atoms with Crippen molar-refractivity contribution in [2.24, 2.45) is 0 Å². The van der Waals surface area contributed by atoms with E-state index in [0.717, 1.165) is 30.6 Å². The second kappa shape index (κ2) is 7.64. The Morgan fingerprint density at radius 3 is 2.82 bits per heavy atom. The second-order valence-electron chi connectivity index (χ2n) is 7.05. The first-order valence-electron chi connectivity index (χ1n) is 9.20. The molecule has 0 N–H and O–H groups in total. The van der Waals surface area contributed by atoms with Gasteiger partial charge in [0, 0.05) is 31.9 Å². The minimum absolute atomic E-state index is 0.0150. The molecule has 0 radical (unpaired) electrons. The lowest BCUT2D eigenvalue weighted by molar-refractivity contribution is 0.0827. The predicted molar refractivity (Wildman–Crippen MR) is 109 cm³/mol. The number of carbonyl (C=O) groups is 1. The van der Waals surface area contributed by atoms with E-state index in [0.29, 0.717) is 28.9 Å². The largest absolute Gasteiger partial charge is 0.419 e. The van der Waals surface area contributed by atoms with E-state index in [9.17, 15) is 4.79 Å². The van der Waals surface area contributed by atoms with Crippen LogP contribution in [0, 0.1) is 0 Å². The Labute approximate surface area is 168 Å². The number of hydrogen-bond donors (Lipinski definition) is 0. The van der Waals surface area contributed by atoms with Gasteiger partial charge in [0.15, 0.2) is 0 Å². The van der Waals surface area contributed by atoms with Crippen LogP contribution in [0.25, 0.3) is 11.5 Å². The number of aryl methyl sites for hydroxylation is 1. The monoisotopic (exact) mass is 396 g/mol. The maximum absolute atomic E-state index is 12.2. The summed E-state index contributed by atoms with van der Waals surface area (Å²) in [5.41, 5.74) is 3.72. The minimum atomic E-state index is 0.0150. The fourth-order valence-electron chi connectivity index (χ4n) is 3.45. The molecule has 1 amide bonds. The maximum atomic E-state index is 12.2. The van der Waals surface area contributed by atoms with Gasteiger partial charge in [0.2, 0.25) is 11.8 Å². The summed E-state index contributed by atoms with van der Waals surface area (Å²) in [6, 6.07) is 13.3. The van der Waals surface area contributed by atoms with E-state index in [1.54, 1.807) is 25.1 Å². The van der Waals surface area contributed by atoms with Gasteiger partial charge in [0.05, 0.1) is 17.1 Å². The van der Waals surface area contributed by atoms with E-state index in [4.69, 9.17) is 16.0 Å². The molecule has 0 spiro atoms. The van der Waals surface area contributed by atoms with Gasteiger partial charge in [-0.25, -0.2) is 0 Å². The van der Waals surface area contributed by atoms with E-state index in [1.165, 1.54) is 5.56 Å². The molecule has 28 heavy (non-hydrogen) atoms. The van der Waals surface area contributed by atoms with Crippen LogP contribution in [0.5, 0.6) is 0 Å². The standard InChI is InChI=1S/C21H21ClN4O2/c1-25(2)21(27)15-9-10-18-14(12-15)6-5-11-26(18)13-19-23-24-20(28-19)16-7-3-4-8-17(16)22/h3-4,7-10,12H,5-6,11,13H2,1-2H3. The molecule has 2 aromatic carbocycles. The van der Waals surface area contributed by atoms with Crippen molar-refractivity contribution < 1.29 is 9.21 Å². The number of hydrogen-bond acceptors (Lipinski definition) is 5. The van der Waals surface area contributed by atoms with E-state index in [-0.39, 0.29) is 5.91 Å². The lowest BCUT2D eigenvalue weighted by Crippen LogP contribution is -2.29. The van der Waals surface area contributed by atoms with Crippen molar-refractivity contribution in [2.75, 3.05) is 25.5 Å². The van der Waals surface area contributed by atoms with Gasteiger partial charge in [-0.15, -0.1) is 10.2 Å². The number of nitrogens with zero attached hydrogens (tertiary/aromatic N) is 4. The van der Waals surface area contributed by atoms with Crippen LogP contribution in [-0.2, 0) is 13.0 Å². The van der Waals surface area contributed by atoms with Crippen molar-refractivity contribution in [2.45, 2.75) is 19.4 Å². The van der Waals surface area contributed by atoms with E-state index >= 15 is 0 Å². The van der Waals surface area contributed by atoms with Crippen molar-refractivity contribution >= 4 is 23.2 Å². The lowest BCUT2D eigenvalue weighted by Gasteiger charge is -2.30. The summed E-state index contributed by atoms with van der Waals surface area (Å²) in [6.45, 7) is 1.42. The third kappa shape index (κ3) is 3.60. The highest BCUT2D eigenvalue weighted by atomic mass is 35.5. The predicted octanol–water partition coefficient (Wildman–Crippen LogP) is 4.04. The molecule has 2 heterocycles. The normalized spacial score (nSPS) is 13.3. The number of benzene rings is 2. The number of amides is 1. The van der Waals surface area contributed by atoms with Crippen molar-refractivity contribution in [3.63, 3.8) is 0 Å². The first kappa shape index (κ1) is 18.5. The fraction of sp³-hybridized carbons (Fsp3) is 0.286. The molecule has 0 bridgehead atoms. The highest BCUT2D eigenvalue weighted by molar-refractivity contribution is 6.33. The van der Waals surface area contributed by atoms with E-state index in [2.05, 4.69) is 15.1 Å². The summed E-state index contributed by atoms with van der Waals surface area (Å²) in [4.78, 5) is 16.0. The van der Waals surface area contributed by atoms with Crippen LogP contribution in [0.2, 0.25) is 5.02 Å². The number of rotatable bonds is 4. The first-order chi connectivity index (χ1) is 13.5.